The molecule has 0 fully saturated rings. The molecule has 0 saturated heterocycles. The zero-order chi connectivity index (χ0) is 30.1. The molecular weight excluding hydrogens is 620 g/mol. The van der Waals surface area contributed by atoms with Gasteiger partial charge in [0.1, 0.15) is 20.8 Å². The van der Waals surface area contributed by atoms with Crippen LogP contribution in [0.4, 0.5) is 11.4 Å². The number of rotatable bonds is 10. The maximum atomic E-state index is 13.3. The van der Waals surface area contributed by atoms with E-state index in [1.807, 2.05) is 67.8 Å². The quantitative estimate of drug-likeness (QED) is 0.155. The number of halogens is 1. The first-order valence-electron chi connectivity index (χ1n) is 13.6. The summed E-state index contributed by atoms with van der Waals surface area (Å²) in [5.41, 5.74) is 6.87. The molecule has 0 aliphatic heterocycles. The third-order valence-corrected chi connectivity index (χ3v) is 12.3. The monoisotopic (exact) mass is 648 g/mol. The van der Waals surface area contributed by atoms with Crippen LogP contribution in [0.25, 0.3) is 44.2 Å². The fraction of sp³-hybridized carbons (Fsp3) is 0.156. The molecule has 0 spiro atoms. The van der Waals surface area contributed by atoms with Crippen molar-refractivity contribution in [3.8, 4) is 22.3 Å². The molecule has 0 aliphatic rings. The van der Waals surface area contributed by atoms with Crippen molar-refractivity contribution >= 4 is 77.3 Å². The van der Waals surface area contributed by atoms with E-state index in [1.54, 1.807) is 34.9 Å². The van der Waals surface area contributed by atoms with Gasteiger partial charge in [-0.1, -0.05) is 48.5 Å². The summed E-state index contributed by atoms with van der Waals surface area (Å²) in [7, 11) is -1.46. The van der Waals surface area contributed by atoms with E-state index in [0.29, 0.717) is 33.6 Å². The van der Waals surface area contributed by atoms with Crippen molar-refractivity contribution in [2.75, 3.05) is 34.3 Å². The number of thiophene rings is 1. The normalized spacial score (nSPS) is 12.5. The molecule has 3 heterocycles. The second-order valence-electron chi connectivity index (χ2n) is 10.0. The van der Waals surface area contributed by atoms with Crippen molar-refractivity contribution < 1.29 is 12.6 Å². The minimum Gasteiger partial charge on any atom is -0.339 e. The Kier molecular flexibility index (Phi) is 8.28. The van der Waals surface area contributed by atoms with E-state index in [4.69, 9.17) is 16.6 Å². The Balaban J connectivity index is 1.50. The van der Waals surface area contributed by atoms with E-state index in [-0.39, 0.29) is 0 Å². The highest BCUT2D eigenvalue weighted by molar-refractivity contribution is 7.94. The second-order valence-corrected chi connectivity index (χ2v) is 15.1. The lowest BCUT2D eigenvalue weighted by Gasteiger charge is -2.19. The van der Waals surface area contributed by atoms with Gasteiger partial charge in [-0.2, -0.15) is 0 Å². The van der Waals surface area contributed by atoms with E-state index in [0.717, 1.165) is 44.2 Å². The number of pyridine rings is 1. The number of aromatic amines is 1. The molecule has 1 atom stereocenters. The molecule has 220 valence electrons. The Bertz CT molecular complexity index is 2030. The van der Waals surface area contributed by atoms with Crippen molar-refractivity contribution in [2.24, 2.45) is 0 Å². The number of fused-ring (bicyclic) bond motifs is 3. The van der Waals surface area contributed by atoms with Crippen LogP contribution in [0.1, 0.15) is 6.42 Å². The number of hydrogen-bond donors (Lipinski definition) is 1. The first kappa shape index (κ1) is 29.4. The first-order chi connectivity index (χ1) is 20.8. The predicted octanol–water partition coefficient (Wildman–Crippen LogP) is 7.67. The molecular formula is C32H29ClN4O3S3. The Morgan fingerprint density at radius 1 is 0.930 bits per heavy atom. The van der Waals surface area contributed by atoms with Crippen LogP contribution in [0.2, 0.25) is 0 Å². The predicted molar refractivity (Wildman–Crippen MR) is 181 cm³/mol. The third kappa shape index (κ3) is 5.56. The van der Waals surface area contributed by atoms with Crippen molar-refractivity contribution in [3.63, 3.8) is 0 Å². The molecule has 11 heteroatoms. The molecule has 6 rings (SSSR count). The lowest BCUT2D eigenvalue weighted by Crippen LogP contribution is -2.25. The molecule has 6 aromatic rings. The largest absolute Gasteiger partial charge is 0.339 e. The van der Waals surface area contributed by atoms with Crippen molar-refractivity contribution in [1.82, 2.24) is 9.97 Å². The van der Waals surface area contributed by atoms with Gasteiger partial charge in [-0.25, -0.2) is 17.6 Å². The lowest BCUT2D eigenvalue weighted by molar-refractivity contribution is 0.596. The van der Waals surface area contributed by atoms with Gasteiger partial charge >= 0.3 is 0 Å². The van der Waals surface area contributed by atoms with E-state index in [1.165, 1.54) is 15.6 Å². The summed E-state index contributed by atoms with van der Waals surface area (Å²) in [6, 6.07) is 27.0. The molecule has 1 unspecified atom stereocenters. The van der Waals surface area contributed by atoms with Crippen LogP contribution in [0.3, 0.4) is 0 Å². The third-order valence-electron chi connectivity index (χ3n) is 7.44. The van der Waals surface area contributed by atoms with Crippen LogP contribution in [0, 0.1) is 0 Å². The Hall–Kier alpha value is -3.70. The number of hydrogen-bond acceptors (Lipinski definition) is 5. The zero-order valence-electron chi connectivity index (χ0n) is 23.5. The molecule has 0 amide bonds. The van der Waals surface area contributed by atoms with Crippen LogP contribution < -0.4 is 8.61 Å². The zero-order valence-corrected chi connectivity index (χ0v) is 26.7. The maximum Gasteiger partial charge on any atom is 0.273 e. The topological polar surface area (TPSA) is 86.4 Å². The fourth-order valence-electron chi connectivity index (χ4n) is 5.13. The molecule has 0 saturated carbocycles. The number of alkyl halides is 1. The average molecular weight is 649 g/mol. The van der Waals surface area contributed by atoms with Crippen molar-refractivity contribution in [2.45, 2.75) is 10.6 Å². The van der Waals surface area contributed by atoms with Gasteiger partial charge in [-0.3, -0.25) is 8.61 Å². The molecule has 0 radical (unpaired) electrons. The minimum absolute atomic E-state index is 0.292. The maximum absolute atomic E-state index is 13.3. The molecule has 1 N–H and O–H groups in total. The van der Waals surface area contributed by atoms with Crippen LogP contribution in [0.5, 0.6) is 0 Å². The molecule has 7 nitrogen and oxygen atoms in total. The number of benzene rings is 3. The van der Waals surface area contributed by atoms with Gasteiger partial charge in [0.2, 0.25) is 0 Å². The van der Waals surface area contributed by atoms with E-state index >= 15 is 0 Å². The van der Waals surface area contributed by atoms with Crippen LogP contribution in [-0.2, 0) is 21.0 Å². The highest BCUT2D eigenvalue weighted by atomic mass is 35.5. The number of sulfonamides is 1. The van der Waals surface area contributed by atoms with Gasteiger partial charge in [0.25, 0.3) is 10.0 Å². The highest BCUT2D eigenvalue weighted by Crippen LogP contribution is 2.42. The van der Waals surface area contributed by atoms with E-state index in [9.17, 15) is 12.6 Å². The summed E-state index contributed by atoms with van der Waals surface area (Å²) in [5, 5.41) is 3.54. The number of anilines is 2. The standard InChI is InChI=1S/C32H29ClN4O3S3/c1-36(42(38)19-7-17-33)24-13-11-22(12-14-24)27-21-34-32-31(30(27)23-8-4-3-5-9-23)26-20-25(15-16-28(26)35-32)37(2)43(39,40)29-10-6-18-41-29/h3-6,8-16,18,20-21H,7,17,19H2,1-2H3,(H,34,35). The van der Waals surface area contributed by atoms with E-state index < -0.39 is 21.0 Å². The van der Waals surface area contributed by atoms with Gasteiger partial charge in [0, 0.05) is 65.0 Å². The average Bonchev–Trinajstić information content (AvgIpc) is 3.72. The summed E-state index contributed by atoms with van der Waals surface area (Å²) in [5.74, 6) is 0.985. The van der Waals surface area contributed by atoms with Crippen LogP contribution in [0.15, 0.2) is 101 Å². The molecule has 3 aromatic heterocycles. The Morgan fingerprint density at radius 3 is 2.37 bits per heavy atom. The summed E-state index contributed by atoms with van der Waals surface area (Å²) in [6.07, 6.45) is 2.55. The summed E-state index contributed by atoms with van der Waals surface area (Å²) < 4.78 is 42.7. The number of H-pyrrole nitrogens is 1. The first-order valence-corrected chi connectivity index (χ1v) is 17.7. The van der Waals surface area contributed by atoms with Gasteiger partial charge in [-0.15, -0.1) is 22.9 Å². The minimum atomic E-state index is -3.70. The van der Waals surface area contributed by atoms with Gasteiger partial charge < -0.3 is 4.98 Å². The van der Waals surface area contributed by atoms with Crippen LogP contribution >= 0.6 is 22.9 Å². The van der Waals surface area contributed by atoms with E-state index in [2.05, 4.69) is 17.1 Å². The SMILES string of the molecule is CN(c1ccc(-c2cnc3[nH]c4ccc(N(C)S(=O)(=O)c5cccs5)cc4c3c2-c2ccccc2)cc1)S(=O)CCCCl. The van der Waals surface area contributed by atoms with Gasteiger partial charge in [-0.05, 0) is 59.3 Å². The summed E-state index contributed by atoms with van der Waals surface area (Å²) in [6.45, 7) is 0. The smallest absolute Gasteiger partial charge is 0.273 e. The summed E-state index contributed by atoms with van der Waals surface area (Å²) in [4.78, 5) is 8.23. The van der Waals surface area contributed by atoms with Crippen LogP contribution in [-0.4, -0.2) is 48.3 Å². The molecule has 0 aliphatic carbocycles. The molecule has 0 bridgehead atoms. The second kappa shape index (κ2) is 12.1. The number of nitrogens with one attached hydrogen (secondary N) is 1. The van der Waals surface area contributed by atoms with Gasteiger partial charge in [0.05, 0.1) is 5.69 Å². The summed E-state index contributed by atoms with van der Waals surface area (Å²) >= 11 is 6.99. The highest BCUT2D eigenvalue weighted by Gasteiger charge is 2.24. The lowest BCUT2D eigenvalue weighted by atomic mass is 9.92. The van der Waals surface area contributed by atoms with Crippen molar-refractivity contribution in [1.29, 1.82) is 0 Å². The number of nitrogens with zero attached hydrogens (tertiary/aromatic N) is 3. The van der Waals surface area contributed by atoms with Gasteiger partial charge in [0.15, 0.2) is 0 Å². The molecule has 3 aromatic carbocycles. The Morgan fingerprint density at radius 2 is 1.67 bits per heavy atom. The fourth-order valence-corrected chi connectivity index (χ4v) is 8.79. The Labute approximate surface area is 262 Å². The molecule has 43 heavy (non-hydrogen) atoms. The number of aromatic nitrogens is 2. The van der Waals surface area contributed by atoms with Crippen molar-refractivity contribution in [3.05, 3.63) is 96.5 Å².